The van der Waals surface area contributed by atoms with Gasteiger partial charge in [0.15, 0.2) is 0 Å². The number of rotatable bonds is 2. The molecule has 0 atom stereocenters. The third-order valence-corrected chi connectivity index (χ3v) is 3.66. The summed E-state index contributed by atoms with van der Waals surface area (Å²) in [5, 5.41) is 0.259. The Balaban J connectivity index is 2.15. The van der Waals surface area contributed by atoms with Gasteiger partial charge in [0, 0.05) is 6.07 Å². The van der Waals surface area contributed by atoms with Crippen LogP contribution in [0.15, 0.2) is 35.4 Å². The summed E-state index contributed by atoms with van der Waals surface area (Å²) in [6, 6.07) is 7.15. The lowest BCUT2D eigenvalue weighted by Crippen LogP contribution is -2.19. The molecule has 1 aromatic carbocycles. The van der Waals surface area contributed by atoms with Crippen LogP contribution in [0.2, 0.25) is 5.15 Å². The van der Waals surface area contributed by atoms with Gasteiger partial charge in [-0.3, -0.25) is 4.79 Å². The first-order valence-electron chi connectivity index (χ1n) is 5.42. The van der Waals surface area contributed by atoms with Gasteiger partial charge in [-0.15, -0.1) is 4.73 Å². The molecule has 2 aromatic heterocycles. The number of hydrogen-bond acceptors (Lipinski definition) is 5. The maximum Gasteiger partial charge on any atom is 0.341 e. The van der Waals surface area contributed by atoms with Crippen LogP contribution in [0.5, 0.6) is 5.88 Å². The molecule has 0 aliphatic heterocycles. The molecule has 0 fully saturated rings. The zero-order valence-corrected chi connectivity index (χ0v) is 11.4. The van der Waals surface area contributed by atoms with Crippen molar-refractivity contribution >= 4 is 33.2 Å². The van der Waals surface area contributed by atoms with Crippen LogP contribution in [0.4, 0.5) is 0 Å². The summed E-state index contributed by atoms with van der Waals surface area (Å²) in [5.74, 6) is 0.227. The average Bonchev–Trinajstić information content (AvgIpc) is 2.67. The molecule has 7 heteroatoms. The van der Waals surface area contributed by atoms with E-state index in [2.05, 4.69) is 9.97 Å². The molecular formula is C12H8ClN3O2S. The van der Waals surface area contributed by atoms with E-state index >= 15 is 0 Å². The number of aryl methyl sites for hydroxylation is 1. The molecule has 2 heterocycles. The summed E-state index contributed by atoms with van der Waals surface area (Å²) >= 11 is 6.88. The highest BCUT2D eigenvalue weighted by atomic mass is 35.5. The quantitative estimate of drug-likeness (QED) is 0.682. The predicted molar refractivity (Wildman–Crippen MR) is 73.9 cm³/mol. The van der Waals surface area contributed by atoms with Crippen molar-refractivity contribution in [3.8, 4) is 5.88 Å². The van der Waals surface area contributed by atoms with Gasteiger partial charge < -0.3 is 4.84 Å². The number of fused-ring (bicyclic) bond motifs is 1. The highest BCUT2D eigenvalue weighted by molar-refractivity contribution is 7.16. The molecule has 0 aliphatic rings. The Morgan fingerprint density at radius 1 is 1.37 bits per heavy atom. The monoisotopic (exact) mass is 293 g/mol. The van der Waals surface area contributed by atoms with Gasteiger partial charge in [-0.25, -0.2) is 4.98 Å². The lowest BCUT2D eigenvalue weighted by molar-refractivity contribution is 0.212. The van der Waals surface area contributed by atoms with E-state index < -0.39 is 0 Å². The van der Waals surface area contributed by atoms with E-state index in [9.17, 15) is 4.79 Å². The number of aromatic nitrogens is 3. The maximum absolute atomic E-state index is 12.0. The van der Waals surface area contributed by atoms with Gasteiger partial charge in [0.2, 0.25) is 0 Å². The highest BCUT2D eigenvalue weighted by Crippen LogP contribution is 2.21. The van der Waals surface area contributed by atoms with Gasteiger partial charge in [0.25, 0.3) is 5.88 Å². The lowest BCUT2D eigenvalue weighted by Gasteiger charge is -2.06. The van der Waals surface area contributed by atoms with E-state index in [1.807, 2.05) is 25.1 Å². The lowest BCUT2D eigenvalue weighted by atomic mass is 10.2. The average molecular weight is 294 g/mol. The molecule has 0 radical (unpaired) electrons. The zero-order chi connectivity index (χ0) is 13.4. The first-order valence-corrected chi connectivity index (χ1v) is 6.61. The van der Waals surface area contributed by atoms with Crippen LogP contribution in [0, 0.1) is 6.92 Å². The Bertz CT molecular complexity index is 812. The van der Waals surface area contributed by atoms with E-state index in [-0.39, 0.29) is 15.9 Å². The topological polar surface area (TPSA) is 57.0 Å². The summed E-state index contributed by atoms with van der Waals surface area (Å²) in [5.41, 5.74) is 1.70. The number of hydrogen-bond donors (Lipinski definition) is 0. The highest BCUT2D eigenvalue weighted by Gasteiger charge is 2.12. The molecule has 0 amide bonds. The number of halogens is 1. The molecule has 0 saturated carbocycles. The van der Waals surface area contributed by atoms with Gasteiger partial charge in [-0.05, 0) is 18.6 Å². The second-order valence-corrected chi connectivity index (χ2v) is 5.23. The van der Waals surface area contributed by atoms with Gasteiger partial charge in [-0.1, -0.05) is 35.1 Å². The number of nitrogens with zero attached hydrogens (tertiary/aromatic N) is 3. The van der Waals surface area contributed by atoms with Crippen molar-refractivity contribution in [2.75, 3.05) is 0 Å². The van der Waals surface area contributed by atoms with Crippen molar-refractivity contribution in [3.63, 3.8) is 0 Å². The maximum atomic E-state index is 12.0. The second kappa shape index (κ2) is 4.64. The minimum atomic E-state index is -0.209. The van der Waals surface area contributed by atoms with E-state index in [0.29, 0.717) is 0 Å². The van der Waals surface area contributed by atoms with Crippen LogP contribution in [0.25, 0.3) is 10.2 Å². The normalized spacial score (nSPS) is 10.8. The summed E-state index contributed by atoms with van der Waals surface area (Å²) in [7, 11) is 0. The first kappa shape index (κ1) is 12.1. The van der Waals surface area contributed by atoms with Crippen molar-refractivity contribution in [2.24, 2.45) is 0 Å². The van der Waals surface area contributed by atoms with Crippen molar-refractivity contribution in [2.45, 2.75) is 6.92 Å². The zero-order valence-electron chi connectivity index (χ0n) is 9.83. The van der Waals surface area contributed by atoms with E-state index in [0.717, 1.165) is 27.1 Å². The fourth-order valence-electron chi connectivity index (χ4n) is 1.75. The number of thiazole rings is 1. The summed E-state index contributed by atoms with van der Waals surface area (Å²) in [4.78, 5) is 24.9. The summed E-state index contributed by atoms with van der Waals surface area (Å²) in [6.45, 7) is 1.92. The van der Waals surface area contributed by atoms with Crippen molar-refractivity contribution in [1.29, 1.82) is 0 Å². The van der Waals surface area contributed by atoms with Crippen molar-refractivity contribution in [1.82, 2.24) is 14.7 Å². The number of benzene rings is 1. The molecule has 5 nitrogen and oxygen atoms in total. The standard InChI is InChI=1S/C12H8ClN3O2S/c1-7-3-2-4-8-11(7)16(12(17)19-8)18-10-5-9(13)14-6-15-10/h2-6H,1H3. The Morgan fingerprint density at radius 3 is 3.00 bits per heavy atom. The molecule has 0 spiro atoms. The molecule has 19 heavy (non-hydrogen) atoms. The van der Waals surface area contributed by atoms with Crippen LogP contribution in [0.1, 0.15) is 5.56 Å². The predicted octanol–water partition coefficient (Wildman–Crippen LogP) is 2.66. The van der Waals surface area contributed by atoms with E-state index in [1.165, 1.54) is 17.1 Å². The van der Waals surface area contributed by atoms with Crippen molar-refractivity contribution < 1.29 is 4.84 Å². The van der Waals surface area contributed by atoms with Gasteiger partial charge in [0.1, 0.15) is 17.0 Å². The summed E-state index contributed by atoms with van der Waals surface area (Å²) < 4.78 is 2.10. The Hall–Kier alpha value is -1.92. The van der Waals surface area contributed by atoms with Gasteiger partial charge in [0.05, 0.1) is 4.70 Å². The minimum absolute atomic E-state index is 0.209. The number of para-hydroxylation sites is 1. The van der Waals surface area contributed by atoms with Crippen molar-refractivity contribution in [3.05, 3.63) is 51.0 Å². The largest absolute Gasteiger partial charge is 0.350 e. The molecule has 0 unspecified atom stereocenters. The Kier molecular flexibility index (Phi) is 2.96. The Labute approximate surface area is 117 Å². The minimum Gasteiger partial charge on any atom is -0.350 e. The van der Waals surface area contributed by atoms with Crippen LogP contribution in [0.3, 0.4) is 0 Å². The van der Waals surface area contributed by atoms with Crippen LogP contribution in [-0.4, -0.2) is 14.7 Å². The van der Waals surface area contributed by atoms with E-state index in [4.69, 9.17) is 16.4 Å². The van der Waals surface area contributed by atoms with Crippen LogP contribution in [-0.2, 0) is 0 Å². The molecule has 3 aromatic rings. The van der Waals surface area contributed by atoms with E-state index in [1.54, 1.807) is 0 Å². The van der Waals surface area contributed by atoms with Gasteiger partial charge in [-0.2, -0.15) is 4.98 Å². The molecule has 0 bridgehead atoms. The van der Waals surface area contributed by atoms with Crippen LogP contribution < -0.4 is 9.71 Å². The molecule has 96 valence electrons. The molecular weight excluding hydrogens is 286 g/mol. The SMILES string of the molecule is Cc1cccc2sc(=O)n(Oc3cc(Cl)ncn3)c12. The molecule has 0 aliphatic carbocycles. The fraction of sp³-hybridized carbons (Fsp3) is 0.0833. The third kappa shape index (κ3) is 2.20. The smallest absolute Gasteiger partial charge is 0.341 e. The molecule has 0 N–H and O–H groups in total. The molecule has 0 saturated heterocycles. The van der Waals surface area contributed by atoms with Crippen LogP contribution >= 0.6 is 22.9 Å². The third-order valence-electron chi connectivity index (χ3n) is 2.56. The van der Waals surface area contributed by atoms with Gasteiger partial charge >= 0.3 is 4.87 Å². The molecule has 3 rings (SSSR count). The first-order chi connectivity index (χ1) is 9.15. The second-order valence-electron chi connectivity index (χ2n) is 3.85. The Morgan fingerprint density at radius 2 is 2.21 bits per heavy atom. The summed E-state index contributed by atoms with van der Waals surface area (Å²) in [6.07, 6.45) is 1.28. The fourth-order valence-corrected chi connectivity index (χ4v) is 2.77.